The second kappa shape index (κ2) is 15.9. The molecule has 2 bridgehead atoms. The van der Waals surface area contributed by atoms with Gasteiger partial charge in [-0.25, -0.2) is 8.42 Å². The highest BCUT2D eigenvalue weighted by molar-refractivity contribution is 7.91. The Labute approximate surface area is 302 Å². The molecule has 2 atom stereocenters. The van der Waals surface area contributed by atoms with Crippen molar-refractivity contribution in [2.75, 3.05) is 64.0 Å². The van der Waals surface area contributed by atoms with E-state index in [1.807, 2.05) is 31.1 Å². The van der Waals surface area contributed by atoms with Gasteiger partial charge < -0.3 is 26.9 Å². The molecule has 0 radical (unpaired) electrons. The van der Waals surface area contributed by atoms with E-state index in [1.54, 1.807) is 6.07 Å². The normalized spacial score (nSPS) is 25.2. The lowest BCUT2D eigenvalue weighted by atomic mass is 9.68. The summed E-state index contributed by atoms with van der Waals surface area (Å²) in [5, 5.41) is 12.5. The first-order valence-electron chi connectivity index (χ1n) is 18.5. The number of quaternary nitrogens is 1. The molecule has 3 aromatic rings. The fourth-order valence-electron chi connectivity index (χ4n) is 8.74. The second-order valence-corrected chi connectivity index (χ2v) is 17.4. The summed E-state index contributed by atoms with van der Waals surface area (Å²) in [7, 11) is 0.348. The van der Waals surface area contributed by atoms with Crippen molar-refractivity contribution in [1.82, 2.24) is 4.90 Å². The lowest BCUT2D eigenvalue weighted by molar-refractivity contribution is -0.953. The van der Waals surface area contributed by atoms with Gasteiger partial charge in [0.2, 0.25) is 0 Å². The van der Waals surface area contributed by atoms with E-state index in [4.69, 9.17) is 0 Å². The quantitative estimate of drug-likeness (QED) is 0.274. The maximum Gasteiger partial charge on any atom is 0.179 e. The Hall–Kier alpha value is -2.42. The summed E-state index contributed by atoms with van der Waals surface area (Å²) in [6.07, 6.45) is 6.29. The molecule has 3 saturated heterocycles. The van der Waals surface area contributed by atoms with Crippen LogP contribution in [0.1, 0.15) is 86.1 Å². The van der Waals surface area contributed by atoms with Gasteiger partial charge in [-0.1, -0.05) is 88.1 Å². The van der Waals surface area contributed by atoms with Crippen LogP contribution in [-0.2, 0) is 29.2 Å². The van der Waals surface area contributed by atoms with Gasteiger partial charge in [-0.2, -0.15) is 0 Å². The van der Waals surface area contributed by atoms with E-state index >= 15 is 0 Å². The number of aliphatic hydroxyl groups is 1. The molecule has 4 aliphatic rings. The molecule has 7 rings (SSSR count). The minimum absolute atomic E-state index is 0. The number of rotatable bonds is 13. The Morgan fingerprint density at radius 1 is 0.816 bits per heavy atom. The average molecular weight is 708 g/mol. The molecule has 0 amide bonds. The Morgan fingerprint density at radius 3 is 1.88 bits per heavy atom. The van der Waals surface area contributed by atoms with Crippen LogP contribution in [0, 0.1) is 5.41 Å². The SMILES string of the molecule is CCCCC1(CCCC)CS(=O)(=O)c2ccc(N(C)C)cc2[C@@H](c2ccc(CCc3ccc(C[N+]45CCN(CC4)CC5)cc3)cc2)[C@H]1O.[Cl-]. The molecule has 0 aliphatic carbocycles. The lowest BCUT2D eigenvalue weighted by Gasteiger charge is -2.50. The molecule has 0 unspecified atom stereocenters. The van der Waals surface area contributed by atoms with E-state index in [-0.39, 0.29) is 18.2 Å². The summed E-state index contributed by atoms with van der Waals surface area (Å²) in [5.74, 6) is -0.414. The predicted molar refractivity (Wildman–Crippen MR) is 197 cm³/mol. The lowest BCUT2D eigenvalue weighted by Crippen LogP contribution is -3.00. The van der Waals surface area contributed by atoms with Crippen LogP contribution in [-0.4, -0.2) is 88.1 Å². The number of aryl methyl sites for hydroxylation is 2. The van der Waals surface area contributed by atoms with Crippen molar-refractivity contribution in [1.29, 1.82) is 0 Å². The monoisotopic (exact) mass is 707 g/mol. The topological polar surface area (TPSA) is 60.9 Å². The summed E-state index contributed by atoms with van der Waals surface area (Å²) in [4.78, 5) is 4.99. The van der Waals surface area contributed by atoms with Gasteiger partial charge in [0.1, 0.15) is 6.54 Å². The Balaban J connectivity index is 0.00000468. The van der Waals surface area contributed by atoms with Crippen LogP contribution in [0.15, 0.2) is 71.6 Å². The van der Waals surface area contributed by atoms with Gasteiger partial charge in [0.15, 0.2) is 9.84 Å². The number of unbranched alkanes of at least 4 members (excludes halogenated alkanes) is 2. The van der Waals surface area contributed by atoms with E-state index in [0.717, 1.165) is 61.9 Å². The van der Waals surface area contributed by atoms with Crippen molar-refractivity contribution >= 4 is 15.5 Å². The number of halogens is 1. The second-order valence-electron chi connectivity index (χ2n) is 15.4. The molecule has 6 nitrogen and oxygen atoms in total. The van der Waals surface area contributed by atoms with Crippen LogP contribution >= 0.6 is 0 Å². The Morgan fingerprint density at radius 2 is 1.35 bits per heavy atom. The zero-order valence-electron chi connectivity index (χ0n) is 30.2. The van der Waals surface area contributed by atoms with Crippen LogP contribution in [0.2, 0.25) is 0 Å². The van der Waals surface area contributed by atoms with Crippen LogP contribution in [0.4, 0.5) is 5.69 Å². The standard InChI is InChI=1S/C41H58N3O3S.ClH/c1-5-7-21-41(22-8-6-2)31-48(46,47)38-20-19-36(42(3)4)29-37(38)39(40(41)45)35-17-15-33(16-18-35)10-9-32-11-13-34(14-12-32)30-44-26-23-43(24-27-44)25-28-44;/h11-20,29,39-40,45H,5-10,21-28,30-31H2,1-4H3;1H/q+1;/p-1/t39-,40-;/m1./s1. The molecule has 49 heavy (non-hydrogen) atoms. The summed E-state index contributed by atoms with van der Waals surface area (Å²) in [5.41, 5.74) is 6.05. The van der Waals surface area contributed by atoms with E-state index in [2.05, 4.69) is 67.3 Å². The molecular formula is C41H58ClN3O3S. The van der Waals surface area contributed by atoms with Crippen LogP contribution in [0.3, 0.4) is 0 Å². The van der Waals surface area contributed by atoms with Gasteiger partial charge in [0.05, 0.1) is 36.4 Å². The summed E-state index contributed by atoms with van der Waals surface area (Å²) in [6.45, 7) is 13.0. The number of benzene rings is 3. The highest BCUT2D eigenvalue weighted by Gasteiger charge is 2.49. The van der Waals surface area contributed by atoms with Crippen molar-refractivity contribution in [3.8, 4) is 0 Å². The van der Waals surface area contributed by atoms with Gasteiger partial charge in [0.25, 0.3) is 0 Å². The van der Waals surface area contributed by atoms with Gasteiger partial charge in [-0.3, -0.25) is 4.90 Å². The van der Waals surface area contributed by atoms with Gasteiger partial charge in [-0.05, 0) is 66.1 Å². The molecule has 0 saturated carbocycles. The third-order valence-electron chi connectivity index (χ3n) is 11.9. The number of sulfone groups is 1. The zero-order valence-corrected chi connectivity index (χ0v) is 31.8. The van der Waals surface area contributed by atoms with E-state index < -0.39 is 27.3 Å². The molecule has 8 heteroatoms. The molecular weight excluding hydrogens is 650 g/mol. The molecule has 3 aromatic carbocycles. The van der Waals surface area contributed by atoms with Crippen molar-refractivity contribution in [3.63, 3.8) is 0 Å². The first kappa shape index (κ1) is 37.8. The van der Waals surface area contributed by atoms with E-state index in [1.165, 1.54) is 60.4 Å². The molecule has 4 aliphatic heterocycles. The summed E-state index contributed by atoms with van der Waals surface area (Å²) >= 11 is 0. The number of fused-ring (bicyclic) bond motifs is 4. The highest BCUT2D eigenvalue weighted by Crippen LogP contribution is 2.50. The number of nitrogens with zero attached hydrogens (tertiary/aromatic N) is 3. The largest absolute Gasteiger partial charge is 1.00 e. The summed E-state index contributed by atoms with van der Waals surface area (Å²) in [6, 6.07) is 23.7. The van der Waals surface area contributed by atoms with Crippen molar-refractivity contribution < 1.29 is 30.4 Å². The maximum atomic E-state index is 14.1. The van der Waals surface area contributed by atoms with Crippen LogP contribution in [0.25, 0.3) is 0 Å². The third-order valence-corrected chi connectivity index (χ3v) is 13.9. The fourth-order valence-corrected chi connectivity index (χ4v) is 10.9. The fraction of sp³-hybridized carbons (Fsp3) is 0.561. The van der Waals surface area contributed by atoms with Crippen molar-refractivity contribution in [3.05, 3.63) is 94.5 Å². The molecule has 3 fully saturated rings. The van der Waals surface area contributed by atoms with Crippen LogP contribution in [0.5, 0.6) is 0 Å². The Kier molecular flexibility index (Phi) is 12.2. The zero-order chi connectivity index (χ0) is 33.9. The Bertz CT molecular complexity index is 1610. The molecule has 268 valence electrons. The van der Waals surface area contributed by atoms with Gasteiger partial charge >= 0.3 is 0 Å². The number of aliphatic hydroxyl groups excluding tert-OH is 1. The molecule has 1 N–H and O–H groups in total. The number of hydrogen-bond acceptors (Lipinski definition) is 5. The number of anilines is 1. The van der Waals surface area contributed by atoms with Gasteiger partial charge in [0, 0.05) is 56.3 Å². The average Bonchev–Trinajstić information content (AvgIpc) is 3.17. The maximum absolute atomic E-state index is 14.1. The van der Waals surface area contributed by atoms with Crippen molar-refractivity contribution in [2.24, 2.45) is 5.41 Å². The van der Waals surface area contributed by atoms with Gasteiger partial charge in [-0.15, -0.1) is 0 Å². The van der Waals surface area contributed by atoms with Crippen molar-refractivity contribution in [2.45, 2.75) is 88.7 Å². The first-order chi connectivity index (χ1) is 23.1. The highest BCUT2D eigenvalue weighted by atomic mass is 35.5. The smallest absolute Gasteiger partial charge is 0.179 e. The summed E-state index contributed by atoms with van der Waals surface area (Å²) < 4.78 is 29.5. The minimum atomic E-state index is -3.61. The van der Waals surface area contributed by atoms with Crippen LogP contribution < -0.4 is 17.3 Å². The molecule has 0 aromatic heterocycles. The minimum Gasteiger partial charge on any atom is -1.00 e. The first-order valence-corrected chi connectivity index (χ1v) is 20.2. The molecule has 0 spiro atoms. The predicted octanol–water partition coefficient (Wildman–Crippen LogP) is 3.83. The third kappa shape index (κ3) is 8.23. The number of piperazine rings is 3. The van der Waals surface area contributed by atoms with E-state index in [9.17, 15) is 13.5 Å². The van der Waals surface area contributed by atoms with E-state index in [0.29, 0.717) is 17.7 Å². The number of hydrogen-bond donors (Lipinski definition) is 1. The molecule has 4 heterocycles.